The van der Waals surface area contributed by atoms with E-state index in [9.17, 15) is 9.59 Å². The van der Waals surface area contributed by atoms with Crippen molar-refractivity contribution in [3.63, 3.8) is 0 Å². The first-order valence-corrected chi connectivity index (χ1v) is 9.24. The molecule has 0 spiro atoms. The Balaban J connectivity index is 1.72. The fourth-order valence-electron chi connectivity index (χ4n) is 3.80. The standard InChI is InChI=1S/C20H24N6O2/c1-12-8-13(2)10-15(9-12)21-6-7-25-14(3)11-26-16-17(22-19(25)26)23(4)20(28)24(5)18(16)27/h8-11,21H,6-7H2,1-5H3. The number of aryl methyl sites for hydroxylation is 4. The fraction of sp³-hybridized carbons (Fsp3) is 0.350. The third-order valence-corrected chi connectivity index (χ3v) is 5.14. The monoisotopic (exact) mass is 380 g/mol. The van der Waals surface area contributed by atoms with Crippen LogP contribution in [-0.4, -0.2) is 29.6 Å². The number of rotatable bonds is 4. The van der Waals surface area contributed by atoms with Crippen molar-refractivity contribution in [3.05, 3.63) is 62.1 Å². The largest absolute Gasteiger partial charge is 0.383 e. The molecule has 1 aromatic carbocycles. The third-order valence-electron chi connectivity index (χ3n) is 5.14. The molecule has 8 heteroatoms. The second-order valence-corrected chi connectivity index (χ2v) is 7.39. The van der Waals surface area contributed by atoms with Crippen LogP contribution in [0.15, 0.2) is 34.0 Å². The van der Waals surface area contributed by atoms with E-state index in [1.165, 1.54) is 22.7 Å². The van der Waals surface area contributed by atoms with Crippen LogP contribution < -0.4 is 16.6 Å². The maximum Gasteiger partial charge on any atom is 0.332 e. The maximum absolute atomic E-state index is 12.6. The molecule has 8 nitrogen and oxygen atoms in total. The van der Waals surface area contributed by atoms with Crippen molar-refractivity contribution < 1.29 is 0 Å². The Bertz CT molecular complexity index is 1310. The molecule has 0 fully saturated rings. The number of fused-ring (bicyclic) bond motifs is 3. The molecular weight excluding hydrogens is 356 g/mol. The van der Waals surface area contributed by atoms with Gasteiger partial charge in [-0.3, -0.25) is 18.3 Å². The van der Waals surface area contributed by atoms with Crippen molar-refractivity contribution in [1.82, 2.24) is 23.1 Å². The van der Waals surface area contributed by atoms with Crippen LogP contribution in [0, 0.1) is 20.8 Å². The third kappa shape index (κ3) is 2.72. The quantitative estimate of drug-likeness (QED) is 0.585. The van der Waals surface area contributed by atoms with Gasteiger partial charge in [-0.25, -0.2) is 4.79 Å². The van der Waals surface area contributed by atoms with Gasteiger partial charge in [0.25, 0.3) is 5.56 Å². The number of benzene rings is 1. The molecule has 4 rings (SSSR count). The highest BCUT2D eigenvalue weighted by Gasteiger charge is 2.18. The Hall–Kier alpha value is -3.29. The van der Waals surface area contributed by atoms with E-state index in [0.29, 0.717) is 30.0 Å². The molecule has 1 N–H and O–H groups in total. The number of nitrogens with zero attached hydrogens (tertiary/aromatic N) is 5. The number of anilines is 1. The predicted molar refractivity (Wildman–Crippen MR) is 110 cm³/mol. The Morgan fingerprint density at radius 3 is 2.36 bits per heavy atom. The van der Waals surface area contributed by atoms with Crippen molar-refractivity contribution >= 4 is 22.6 Å². The Morgan fingerprint density at radius 2 is 1.68 bits per heavy atom. The molecule has 0 aliphatic carbocycles. The van der Waals surface area contributed by atoms with Crippen LogP contribution in [0.4, 0.5) is 5.69 Å². The summed E-state index contributed by atoms with van der Waals surface area (Å²) in [6.45, 7) is 7.56. The first-order chi connectivity index (χ1) is 13.3. The maximum atomic E-state index is 12.6. The van der Waals surface area contributed by atoms with Gasteiger partial charge in [-0.15, -0.1) is 0 Å². The summed E-state index contributed by atoms with van der Waals surface area (Å²) in [5.41, 5.74) is 4.64. The van der Waals surface area contributed by atoms with Crippen molar-refractivity contribution in [2.45, 2.75) is 27.3 Å². The molecule has 0 saturated carbocycles. The Morgan fingerprint density at radius 1 is 1.00 bits per heavy atom. The molecule has 3 heterocycles. The average Bonchev–Trinajstić information content (AvgIpc) is 3.13. The predicted octanol–water partition coefficient (Wildman–Crippen LogP) is 1.72. The summed E-state index contributed by atoms with van der Waals surface area (Å²) < 4.78 is 6.37. The van der Waals surface area contributed by atoms with Gasteiger partial charge in [0.05, 0.1) is 0 Å². The van der Waals surface area contributed by atoms with Gasteiger partial charge in [0.2, 0.25) is 5.78 Å². The molecule has 0 aliphatic heterocycles. The lowest BCUT2D eigenvalue weighted by Gasteiger charge is -2.10. The van der Waals surface area contributed by atoms with Gasteiger partial charge in [-0.05, 0) is 44.0 Å². The van der Waals surface area contributed by atoms with E-state index in [1.54, 1.807) is 11.4 Å². The number of hydrogen-bond acceptors (Lipinski definition) is 4. The topological polar surface area (TPSA) is 78.3 Å². The molecular formula is C20H24N6O2. The summed E-state index contributed by atoms with van der Waals surface area (Å²) in [6, 6.07) is 6.38. The van der Waals surface area contributed by atoms with Crippen LogP contribution >= 0.6 is 0 Å². The minimum absolute atomic E-state index is 0.337. The lowest BCUT2D eigenvalue weighted by atomic mass is 10.1. The van der Waals surface area contributed by atoms with E-state index < -0.39 is 0 Å². The van der Waals surface area contributed by atoms with Gasteiger partial charge in [0.1, 0.15) is 0 Å². The fourth-order valence-corrected chi connectivity index (χ4v) is 3.80. The molecule has 0 aliphatic rings. The average molecular weight is 380 g/mol. The number of imidazole rings is 2. The van der Waals surface area contributed by atoms with Crippen LogP contribution in [0.5, 0.6) is 0 Å². The van der Waals surface area contributed by atoms with Crippen LogP contribution in [0.1, 0.15) is 16.8 Å². The highest BCUT2D eigenvalue weighted by atomic mass is 16.2. The van der Waals surface area contributed by atoms with E-state index in [2.05, 4.69) is 46.9 Å². The zero-order chi connectivity index (χ0) is 20.2. The molecule has 28 heavy (non-hydrogen) atoms. The molecule has 0 saturated heterocycles. The van der Waals surface area contributed by atoms with E-state index in [4.69, 9.17) is 0 Å². The van der Waals surface area contributed by atoms with Gasteiger partial charge < -0.3 is 9.88 Å². The van der Waals surface area contributed by atoms with Crippen molar-refractivity contribution in [3.8, 4) is 0 Å². The molecule has 4 aromatic rings. The van der Waals surface area contributed by atoms with Crippen LogP contribution in [0.2, 0.25) is 0 Å². The van der Waals surface area contributed by atoms with Gasteiger partial charge in [0.15, 0.2) is 11.2 Å². The van der Waals surface area contributed by atoms with Gasteiger partial charge in [0, 0.05) is 44.8 Å². The van der Waals surface area contributed by atoms with Gasteiger partial charge in [-0.1, -0.05) is 6.07 Å². The number of hydrogen-bond donors (Lipinski definition) is 1. The minimum Gasteiger partial charge on any atom is -0.383 e. The molecule has 3 aromatic heterocycles. The summed E-state index contributed by atoms with van der Waals surface area (Å²) in [4.78, 5) is 29.4. The molecule has 0 atom stereocenters. The first-order valence-electron chi connectivity index (χ1n) is 9.24. The minimum atomic E-state index is -0.377. The van der Waals surface area contributed by atoms with E-state index in [0.717, 1.165) is 15.9 Å². The summed E-state index contributed by atoms with van der Waals surface area (Å²) in [7, 11) is 3.12. The normalized spacial score (nSPS) is 11.6. The van der Waals surface area contributed by atoms with E-state index in [1.807, 2.05) is 13.1 Å². The molecule has 0 unspecified atom stereocenters. The Labute approximate surface area is 161 Å². The Kier molecular flexibility index (Phi) is 4.14. The number of nitrogens with one attached hydrogen (secondary N) is 1. The molecule has 146 valence electrons. The summed E-state index contributed by atoms with van der Waals surface area (Å²) in [5.74, 6) is 0.660. The SMILES string of the molecule is Cc1cc(C)cc(NCCn2c(C)cn3c4c(=O)n(C)c(=O)n(C)c4nc23)c1. The second kappa shape index (κ2) is 6.40. The highest BCUT2D eigenvalue weighted by molar-refractivity contribution is 5.75. The molecule has 0 radical (unpaired) electrons. The summed E-state index contributed by atoms with van der Waals surface area (Å²) in [6.07, 6.45) is 1.90. The highest BCUT2D eigenvalue weighted by Crippen LogP contribution is 2.17. The summed E-state index contributed by atoms with van der Waals surface area (Å²) in [5, 5.41) is 3.45. The van der Waals surface area contributed by atoms with E-state index in [-0.39, 0.29) is 11.2 Å². The smallest absolute Gasteiger partial charge is 0.332 e. The van der Waals surface area contributed by atoms with Crippen molar-refractivity contribution in [1.29, 1.82) is 0 Å². The van der Waals surface area contributed by atoms with Crippen LogP contribution in [-0.2, 0) is 20.6 Å². The van der Waals surface area contributed by atoms with Crippen LogP contribution in [0.25, 0.3) is 16.9 Å². The zero-order valence-electron chi connectivity index (χ0n) is 16.8. The van der Waals surface area contributed by atoms with Crippen LogP contribution in [0.3, 0.4) is 0 Å². The van der Waals surface area contributed by atoms with Crippen molar-refractivity contribution in [2.75, 3.05) is 11.9 Å². The van der Waals surface area contributed by atoms with Gasteiger partial charge >= 0.3 is 5.69 Å². The zero-order valence-corrected chi connectivity index (χ0v) is 16.8. The van der Waals surface area contributed by atoms with E-state index >= 15 is 0 Å². The second-order valence-electron chi connectivity index (χ2n) is 7.39. The molecule has 0 bridgehead atoms. The van der Waals surface area contributed by atoms with Gasteiger partial charge in [-0.2, -0.15) is 4.98 Å². The lowest BCUT2D eigenvalue weighted by molar-refractivity contribution is 0.706. The first kappa shape index (κ1) is 18.1. The summed E-state index contributed by atoms with van der Waals surface area (Å²) >= 11 is 0. The number of aromatic nitrogens is 5. The lowest BCUT2D eigenvalue weighted by Crippen LogP contribution is -2.37. The molecule has 0 amide bonds. The van der Waals surface area contributed by atoms with Crippen molar-refractivity contribution in [2.24, 2.45) is 14.1 Å².